The molecule has 0 bridgehead atoms. The van der Waals surface area contributed by atoms with Gasteiger partial charge in [-0.2, -0.15) is 0 Å². The van der Waals surface area contributed by atoms with E-state index in [1.807, 2.05) is 6.07 Å². The van der Waals surface area contributed by atoms with Gasteiger partial charge in [0, 0.05) is 36.4 Å². The Morgan fingerprint density at radius 3 is 2.91 bits per heavy atom. The molecular formula is C24H21F2N3O3S2. The molecule has 0 saturated carbocycles. The van der Waals surface area contributed by atoms with Crippen LogP contribution >= 0.6 is 23.1 Å². The molecule has 6 nitrogen and oxygen atoms in total. The zero-order valence-corrected chi connectivity index (χ0v) is 19.9. The maximum Gasteiger partial charge on any atom is 0.274 e. The molecule has 1 saturated heterocycles. The second-order valence-corrected chi connectivity index (χ2v) is 10.4. The Bertz CT molecular complexity index is 1280. The van der Waals surface area contributed by atoms with Crippen molar-refractivity contribution in [1.29, 1.82) is 0 Å². The standard InChI is InChI=1S/C24H21F2N3O3S2/c1-13-28-21(22(34-13)14-5-6-17(25)18(26)11-14)24(31)29-8-10-33-20(29)12-27-23(30)16-3-2-4-19-15(16)7-9-32-19/h2-6,11,20H,7-10,12H2,1H3,(H,27,30). The highest BCUT2D eigenvalue weighted by Crippen LogP contribution is 2.34. The summed E-state index contributed by atoms with van der Waals surface area (Å²) >= 11 is 2.84. The van der Waals surface area contributed by atoms with Gasteiger partial charge in [0.05, 0.1) is 21.9 Å². The number of hydrogen-bond acceptors (Lipinski definition) is 6. The normalized spacial score (nSPS) is 16.9. The number of thiazole rings is 1. The second kappa shape index (κ2) is 9.34. The van der Waals surface area contributed by atoms with E-state index < -0.39 is 11.6 Å². The van der Waals surface area contributed by atoms with E-state index in [0.717, 1.165) is 29.2 Å². The molecule has 1 N–H and O–H groups in total. The summed E-state index contributed by atoms with van der Waals surface area (Å²) in [5.74, 6) is -0.943. The van der Waals surface area contributed by atoms with Gasteiger partial charge in [-0.15, -0.1) is 23.1 Å². The first-order valence-electron chi connectivity index (χ1n) is 10.8. The summed E-state index contributed by atoms with van der Waals surface area (Å²) in [5.41, 5.74) is 2.11. The highest BCUT2D eigenvalue weighted by molar-refractivity contribution is 8.00. The summed E-state index contributed by atoms with van der Waals surface area (Å²) in [7, 11) is 0. The Morgan fingerprint density at radius 1 is 1.24 bits per heavy atom. The topological polar surface area (TPSA) is 71.5 Å². The Hall–Kier alpha value is -2.98. The third kappa shape index (κ3) is 4.27. The van der Waals surface area contributed by atoms with E-state index in [1.54, 1.807) is 35.7 Å². The Morgan fingerprint density at radius 2 is 2.09 bits per heavy atom. The van der Waals surface area contributed by atoms with Crippen LogP contribution in [-0.4, -0.2) is 52.5 Å². The van der Waals surface area contributed by atoms with Crippen LogP contribution in [0.5, 0.6) is 5.75 Å². The van der Waals surface area contributed by atoms with Gasteiger partial charge in [0.2, 0.25) is 0 Å². The summed E-state index contributed by atoms with van der Waals surface area (Å²) in [6, 6.07) is 9.00. The molecule has 1 unspecified atom stereocenters. The van der Waals surface area contributed by atoms with Crippen molar-refractivity contribution in [2.24, 2.45) is 0 Å². The molecule has 3 heterocycles. The number of benzene rings is 2. The first-order valence-corrected chi connectivity index (χ1v) is 12.7. The third-order valence-corrected chi connectivity index (χ3v) is 8.04. The molecule has 0 spiro atoms. The quantitative estimate of drug-likeness (QED) is 0.565. The van der Waals surface area contributed by atoms with Crippen molar-refractivity contribution in [3.8, 4) is 16.2 Å². The minimum Gasteiger partial charge on any atom is -0.493 e. The Balaban J connectivity index is 1.33. The van der Waals surface area contributed by atoms with Gasteiger partial charge >= 0.3 is 0 Å². The van der Waals surface area contributed by atoms with Crippen LogP contribution in [0.1, 0.15) is 31.4 Å². The predicted octanol–water partition coefficient (Wildman–Crippen LogP) is 4.28. The number of aromatic nitrogens is 1. The molecular weight excluding hydrogens is 480 g/mol. The largest absolute Gasteiger partial charge is 0.493 e. The van der Waals surface area contributed by atoms with E-state index >= 15 is 0 Å². The molecule has 10 heteroatoms. The smallest absolute Gasteiger partial charge is 0.274 e. The van der Waals surface area contributed by atoms with Crippen molar-refractivity contribution in [2.45, 2.75) is 18.7 Å². The zero-order chi connectivity index (χ0) is 23.8. The summed E-state index contributed by atoms with van der Waals surface area (Å²) < 4.78 is 32.8. The number of halogens is 2. The summed E-state index contributed by atoms with van der Waals surface area (Å²) in [4.78, 5) is 32.9. The number of amides is 2. The Kier molecular flexibility index (Phi) is 6.26. The van der Waals surface area contributed by atoms with E-state index in [4.69, 9.17) is 4.74 Å². The van der Waals surface area contributed by atoms with Crippen molar-refractivity contribution in [1.82, 2.24) is 15.2 Å². The van der Waals surface area contributed by atoms with Gasteiger partial charge in [0.15, 0.2) is 11.6 Å². The number of carbonyl (C=O) groups excluding carboxylic acids is 2. The Labute approximate surface area is 203 Å². The monoisotopic (exact) mass is 501 g/mol. The molecule has 2 amide bonds. The molecule has 0 radical (unpaired) electrons. The van der Waals surface area contributed by atoms with Crippen LogP contribution in [0.2, 0.25) is 0 Å². The predicted molar refractivity (Wildman–Crippen MR) is 127 cm³/mol. The summed E-state index contributed by atoms with van der Waals surface area (Å²) in [6.45, 7) is 3.12. The number of thioether (sulfide) groups is 1. The van der Waals surface area contributed by atoms with Gasteiger partial charge in [0.25, 0.3) is 11.8 Å². The minimum absolute atomic E-state index is 0.200. The van der Waals surface area contributed by atoms with Crippen LogP contribution < -0.4 is 10.1 Å². The molecule has 1 fully saturated rings. The molecule has 2 aromatic carbocycles. The van der Waals surface area contributed by atoms with Gasteiger partial charge in [-0.1, -0.05) is 12.1 Å². The highest BCUT2D eigenvalue weighted by atomic mass is 32.2. The van der Waals surface area contributed by atoms with Crippen molar-refractivity contribution in [3.63, 3.8) is 0 Å². The number of hydrogen-bond donors (Lipinski definition) is 1. The molecule has 3 aromatic rings. The van der Waals surface area contributed by atoms with E-state index in [0.29, 0.717) is 40.6 Å². The summed E-state index contributed by atoms with van der Waals surface area (Å²) in [5, 5.41) is 3.35. The highest BCUT2D eigenvalue weighted by Gasteiger charge is 2.33. The maximum atomic E-state index is 13.8. The van der Waals surface area contributed by atoms with Crippen LogP contribution in [0.15, 0.2) is 36.4 Å². The van der Waals surface area contributed by atoms with Crippen LogP contribution in [0.3, 0.4) is 0 Å². The SMILES string of the molecule is Cc1nc(C(=O)N2CCSC2CNC(=O)c2cccc3c2CCO3)c(-c2ccc(F)c(F)c2)s1. The van der Waals surface area contributed by atoms with E-state index in [2.05, 4.69) is 10.3 Å². The van der Waals surface area contributed by atoms with Crippen LogP contribution in [0.25, 0.3) is 10.4 Å². The molecule has 5 rings (SSSR count). The van der Waals surface area contributed by atoms with E-state index in [-0.39, 0.29) is 29.4 Å². The fourth-order valence-electron chi connectivity index (χ4n) is 4.17. The zero-order valence-electron chi connectivity index (χ0n) is 18.3. The third-order valence-electron chi connectivity index (χ3n) is 5.79. The number of nitrogens with one attached hydrogen (secondary N) is 1. The van der Waals surface area contributed by atoms with Gasteiger partial charge < -0.3 is 15.0 Å². The molecule has 2 aliphatic rings. The lowest BCUT2D eigenvalue weighted by atomic mass is 10.0. The number of aryl methyl sites for hydroxylation is 1. The lowest BCUT2D eigenvalue weighted by Gasteiger charge is -2.24. The van der Waals surface area contributed by atoms with Crippen molar-refractivity contribution in [2.75, 3.05) is 25.4 Å². The number of fused-ring (bicyclic) bond motifs is 1. The van der Waals surface area contributed by atoms with Gasteiger partial charge in [-0.05, 0) is 36.8 Å². The van der Waals surface area contributed by atoms with E-state index in [1.165, 1.54) is 17.4 Å². The average molecular weight is 502 g/mol. The molecule has 1 atom stereocenters. The van der Waals surface area contributed by atoms with Gasteiger partial charge in [-0.3, -0.25) is 9.59 Å². The lowest BCUT2D eigenvalue weighted by molar-refractivity contribution is 0.0747. The van der Waals surface area contributed by atoms with Crippen LogP contribution in [-0.2, 0) is 6.42 Å². The molecule has 1 aromatic heterocycles. The van der Waals surface area contributed by atoms with Gasteiger partial charge in [-0.25, -0.2) is 13.8 Å². The minimum atomic E-state index is -0.975. The average Bonchev–Trinajstić information content (AvgIpc) is 3.57. The number of nitrogens with zero attached hydrogens (tertiary/aromatic N) is 2. The lowest BCUT2D eigenvalue weighted by Crippen LogP contribution is -2.42. The molecule has 34 heavy (non-hydrogen) atoms. The fourth-order valence-corrected chi connectivity index (χ4v) is 6.24. The number of rotatable bonds is 5. The van der Waals surface area contributed by atoms with Crippen LogP contribution in [0, 0.1) is 18.6 Å². The molecule has 176 valence electrons. The molecule has 2 aliphatic heterocycles. The second-order valence-electron chi connectivity index (χ2n) is 7.95. The number of ether oxygens (including phenoxy) is 1. The first-order chi connectivity index (χ1) is 16.4. The van der Waals surface area contributed by atoms with Gasteiger partial charge in [0.1, 0.15) is 11.4 Å². The maximum absolute atomic E-state index is 13.8. The fraction of sp³-hybridized carbons (Fsp3) is 0.292. The van der Waals surface area contributed by atoms with Crippen molar-refractivity contribution >= 4 is 34.9 Å². The summed E-state index contributed by atoms with van der Waals surface area (Å²) in [6.07, 6.45) is 0.692. The molecule has 0 aliphatic carbocycles. The van der Waals surface area contributed by atoms with Crippen molar-refractivity contribution in [3.05, 3.63) is 69.9 Å². The van der Waals surface area contributed by atoms with Crippen LogP contribution in [0.4, 0.5) is 8.78 Å². The number of carbonyl (C=O) groups is 2. The van der Waals surface area contributed by atoms with E-state index in [9.17, 15) is 18.4 Å². The van der Waals surface area contributed by atoms with Crippen molar-refractivity contribution < 1.29 is 23.1 Å². The first kappa shape index (κ1) is 22.8.